The van der Waals surface area contributed by atoms with Crippen LogP contribution in [0.3, 0.4) is 0 Å². The highest BCUT2D eigenvalue weighted by Gasteiger charge is 2.61. The van der Waals surface area contributed by atoms with E-state index in [0.717, 1.165) is 65.7 Å². The molecule has 2 amide bonds. The Morgan fingerprint density at radius 3 is 2.54 bits per heavy atom. The predicted molar refractivity (Wildman–Crippen MR) is 247 cm³/mol. The molecule has 16 heteroatoms. The van der Waals surface area contributed by atoms with Crippen molar-refractivity contribution in [2.45, 2.75) is 109 Å². The Morgan fingerprint density at radius 2 is 1.81 bits per heavy atom. The lowest BCUT2D eigenvalue weighted by Crippen LogP contribution is -2.48. The number of hydrogen-bond acceptors (Lipinski definition) is 10. The van der Waals surface area contributed by atoms with Crippen LogP contribution < -0.4 is 14.2 Å². The average molecular weight is 937 g/mol. The van der Waals surface area contributed by atoms with Crippen molar-refractivity contribution in [2.75, 3.05) is 26.7 Å². The van der Waals surface area contributed by atoms with E-state index < -0.39 is 39.6 Å². The van der Waals surface area contributed by atoms with Crippen LogP contribution in [0.1, 0.15) is 101 Å². The lowest BCUT2D eigenvalue weighted by molar-refractivity contribution is -0.142. The first-order chi connectivity index (χ1) is 30.2. The second-order valence-corrected chi connectivity index (χ2v) is 21.2. The maximum absolute atomic E-state index is 15.1. The van der Waals surface area contributed by atoms with Crippen LogP contribution in [-0.2, 0) is 31.0 Å². The van der Waals surface area contributed by atoms with Crippen molar-refractivity contribution >= 4 is 73.2 Å². The Hall–Kier alpha value is -4.08. The Labute approximate surface area is 383 Å². The highest BCUT2D eigenvalue weighted by atomic mass is 35.5. The summed E-state index contributed by atoms with van der Waals surface area (Å²) in [5.74, 6) is -0.492. The Balaban J connectivity index is 1.15. The first kappa shape index (κ1) is 45.5. The number of nitrogens with one attached hydrogen (secondary N) is 1. The van der Waals surface area contributed by atoms with Crippen molar-refractivity contribution in [2.24, 2.45) is 17.3 Å². The summed E-state index contributed by atoms with van der Waals surface area (Å²) in [6.07, 6.45) is 9.48. The molecule has 0 spiro atoms. The number of benzene rings is 2. The molecule has 2 saturated heterocycles. The fourth-order valence-corrected chi connectivity index (χ4v) is 12.0. The van der Waals surface area contributed by atoms with Gasteiger partial charge in [-0.15, -0.1) is 11.3 Å². The molecular formula is C47H55Cl2N5O7S2. The van der Waals surface area contributed by atoms with Gasteiger partial charge in [-0.1, -0.05) is 68.1 Å². The third kappa shape index (κ3) is 9.66. The fourth-order valence-electron chi connectivity index (χ4n) is 9.45. The number of pyridine rings is 1. The number of rotatable bonds is 10. The normalized spacial score (nSPS) is 25.3. The molecule has 0 bridgehead atoms. The van der Waals surface area contributed by atoms with E-state index in [1.165, 1.54) is 15.6 Å². The molecule has 2 aromatic carbocycles. The van der Waals surface area contributed by atoms with Crippen molar-refractivity contribution in [3.63, 3.8) is 0 Å². The van der Waals surface area contributed by atoms with E-state index in [1.807, 2.05) is 48.7 Å². The average Bonchev–Trinajstić information content (AvgIpc) is 3.76. The summed E-state index contributed by atoms with van der Waals surface area (Å²) in [6.45, 7) is 6.94. The number of ether oxygens (including phenoxy) is 2. The summed E-state index contributed by atoms with van der Waals surface area (Å²) in [5, 5.41) is 4.35. The molecule has 5 atom stereocenters. The molecule has 5 heterocycles. The highest BCUT2D eigenvalue weighted by molar-refractivity contribution is 7.87. The Kier molecular flexibility index (Phi) is 13.6. The number of halogens is 2. The topological polar surface area (TPSA) is 148 Å². The summed E-state index contributed by atoms with van der Waals surface area (Å²) in [6, 6.07) is 10.1. The van der Waals surface area contributed by atoms with Crippen LogP contribution in [0.2, 0.25) is 10.0 Å². The summed E-state index contributed by atoms with van der Waals surface area (Å²) < 4.78 is 43.0. The number of amides is 2. The van der Waals surface area contributed by atoms with Crippen LogP contribution in [0.4, 0.5) is 0 Å². The first-order valence-electron chi connectivity index (χ1n) is 22.0. The summed E-state index contributed by atoms with van der Waals surface area (Å²) in [7, 11) is -2.47. The Bertz CT molecular complexity index is 2540. The van der Waals surface area contributed by atoms with Crippen LogP contribution in [0, 0.1) is 24.2 Å². The second-order valence-electron chi connectivity index (χ2n) is 17.9. The van der Waals surface area contributed by atoms with Crippen molar-refractivity contribution in [3.05, 3.63) is 80.8 Å². The van der Waals surface area contributed by atoms with Gasteiger partial charge in [-0.3, -0.25) is 14.4 Å². The number of allylic oxidation sites excluding steroid dienone is 2. The van der Waals surface area contributed by atoms with Crippen LogP contribution >= 0.6 is 34.5 Å². The molecule has 1 saturated carbocycles. The van der Waals surface area contributed by atoms with E-state index in [1.54, 1.807) is 24.1 Å². The maximum Gasteiger partial charge on any atom is 0.303 e. The van der Waals surface area contributed by atoms with E-state index in [0.29, 0.717) is 65.1 Å². The number of carbonyl (C=O) groups excluding carboxylic acids is 3. The van der Waals surface area contributed by atoms with Crippen molar-refractivity contribution < 1.29 is 32.3 Å². The SMILES string of the molecule is COc1ccc2c(O[C@@H]3C[C@H]4C(=O)C[C@]5(C(=O)NS(=O)(=O)N6CCCC6)C[C@H]5/C=C\CCCCC[C@H](Cc5ccc(Cl)c(Cl)c5)C(=O)N4C3)cc(-c3nc(C(C)C)cs3)nc2c1C. The third-order valence-electron chi connectivity index (χ3n) is 13.2. The summed E-state index contributed by atoms with van der Waals surface area (Å²) in [4.78, 5) is 55.8. The number of thiazole rings is 1. The molecule has 3 fully saturated rings. The third-order valence-corrected chi connectivity index (χ3v) is 16.3. The molecule has 4 aliphatic rings. The van der Waals surface area contributed by atoms with Crippen LogP contribution in [-0.4, -0.2) is 84.1 Å². The lowest BCUT2D eigenvalue weighted by atomic mass is 9.90. The quantitative estimate of drug-likeness (QED) is 0.154. The number of carbonyl (C=O) groups is 3. The molecule has 2 aromatic heterocycles. The van der Waals surface area contributed by atoms with E-state index in [9.17, 15) is 18.0 Å². The minimum Gasteiger partial charge on any atom is -0.496 e. The number of aromatic nitrogens is 2. The number of nitrogens with zero attached hydrogens (tertiary/aromatic N) is 4. The van der Waals surface area contributed by atoms with Gasteiger partial charge in [0.05, 0.1) is 46.4 Å². The second kappa shape index (κ2) is 18.8. The van der Waals surface area contributed by atoms with Gasteiger partial charge in [-0.2, -0.15) is 12.7 Å². The molecule has 1 N–H and O–H groups in total. The van der Waals surface area contributed by atoms with Crippen LogP contribution in [0.15, 0.2) is 53.9 Å². The minimum atomic E-state index is -4.09. The van der Waals surface area contributed by atoms with E-state index in [4.69, 9.17) is 42.6 Å². The number of ketones is 1. The summed E-state index contributed by atoms with van der Waals surface area (Å²) >= 11 is 14.2. The predicted octanol–water partition coefficient (Wildman–Crippen LogP) is 9.26. The standard InChI is InChI=1S/C47H55Cl2N5O7S2/c1-28(2)38-27-62-44(51-38)37-23-42(34-15-17-41(60-4)29(3)43(34)50-37)61-33-22-39-40(55)25-47(46(57)52-63(58,59)53-18-10-11-19-53)24-32(47)13-9-7-5-6-8-12-31(45(56)54(39)26-33)20-30-14-16-35(48)36(49)21-30/h9,13-17,21,23,27-28,31-33,39H,5-8,10-12,18-20,22,24-26H2,1-4H3,(H,52,57)/b13-9-/t31-,32-,33-,39+,47-/m1/s1. The number of hydrogen-bond donors (Lipinski definition) is 1. The number of Topliss-reactive ketones (excluding diaryl/α,β-unsaturated/α-hetero) is 1. The van der Waals surface area contributed by atoms with Crippen molar-refractivity contribution in [1.29, 1.82) is 0 Å². The number of fused-ring (bicyclic) bond motifs is 3. The molecule has 4 aromatic rings. The van der Waals surface area contributed by atoms with Gasteiger partial charge < -0.3 is 14.4 Å². The Morgan fingerprint density at radius 1 is 1.02 bits per heavy atom. The maximum atomic E-state index is 15.1. The highest BCUT2D eigenvalue weighted by Crippen LogP contribution is 2.57. The molecule has 336 valence electrons. The molecule has 63 heavy (non-hydrogen) atoms. The first-order valence-corrected chi connectivity index (χ1v) is 25.1. The van der Waals surface area contributed by atoms with E-state index >= 15 is 4.79 Å². The van der Waals surface area contributed by atoms with Gasteiger partial charge >= 0.3 is 10.2 Å². The van der Waals surface area contributed by atoms with E-state index in [2.05, 4.69) is 18.6 Å². The zero-order valence-electron chi connectivity index (χ0n) is 36.2. The molecule has 3 aliphatic heterocycles. The number of aryl methyl sites for hydroxylation is 1. The van der Waals surface area contributed by atoms with Gasteiger partial charge in [-0.25, -0.2) is 14.7 Å². The molecule has 12 nitrogen and oxygen atoms in total. The van der Waals surface area contributed by atoms with Crippen molar-refractivity contribution in [3.8, 4) is 22.2 Å². The van der Waals surface area contributed by atoms with Crippen LogP contribution in [0.5, 0.6) is 11.5 Å². The molecular weight excluding hydrogens is 882 g/mol. The van der Waals surface area contributed by atoms with E-state index in [-0.39, 0.29) is 42.9 Å². The smallest absolute Gasteiger partial charge is 0.303 e. The van der Waals surface area contributed by atoms with Gasteiger partial charge in [0, 0.05) is 54.2 Å². The number of methoxy groups -OCH3 is 1. The summed E-state index contributed by atoms with van der Waals surface area (Å²) in [5.41, 5.74) is 2.72. The fraction of sp³-hybridized carbons (Fsp3) is 0.511. The zero-order chi connectivity index (χ0) is 44.6. The van der Waals surface area contributed by atoms with Crippen molar-refractivity contribution in [1.82, 2.24) is 23.9 Å². The van der Waals surface area contributed by atoms with Gasteiger partial charge in [0.15, 0.2) is 5.78 Å². The molecule has 0 radical (unpaired) electrons. The van der Waals surface area contributed by atoms with Gasteiger partial charge in [0.1, 0.15) is 28.3 Å². The minimum absolute atomic E-state index is 0.127. The lowest BCUT2D eigenvalue weighted by Gasteiger charge is -2.29. The van der Waals surface area contributed by atoms with Crippen LogP contribution in [0.25, 0.3) is 21.6 Å². The molecule has 8 rings (SSSR count). The monoisotopic (exact) mass is 935 g/mol. The van der Waals surface area contributed by atoms with Gasteiger partial charge in [-0.05, 0) is 93.5 Å². The van der Waals surface area contributed by atoms with Gasteiger partial charge in [0.2, 0.25) is 11.8 Å². The molecule has 1 aliphatic carbocycles. The zero-order valence-corrected chi connectivity index (χ0v) is 39.3. The van der Waals surface area contributed by atoms with Gasteiger partial charge in [0.25, 0.3) is 0 Å². The molecule has 0 unspecified atom stereocenters. The largest absolute Gasteiger partial charge is 0.496 e.